The van der Waals surface area contributed by atoms with Crippen LogP contribution in [-0.4, -0.2) is 4.57 Å². The second kappa shape index (κ2) is 13.7. The quantitative estimate of drug-likeness (QED) is 0.139. The Morgan fingerprint density at radius 3 is 2.09 bits per heavy atom. The summed E-state index contributed by atoms with van der Waals surface area (Å²) >= 11 is 0. The first-order chi connectivity index (χ1) is 21.6. The molecule has 1 atom stereocenters. The lowest BCUT2D eigenvalue weighted by Crippen LogP contribution is -2.06. The zero-order valence-electron chi connectivity index (χ0n) is 25.7. The van der Waals surface area contributed by atoms with Gasteiger partial charge in [-0.2, -0.15) is 0 Å². The van der Waals surface area contributed by atoms with Gasteiger partial charge in [-0.1, -0.05) is 148 Å². The van der Waals surface area contributed by atoms with Gasteiger partial charge >= 0.3 is 0 Å². The molecule has 0 aliphatic rings. The lowest BCUT2D eigenvalue weighted by molar-refractivity contribution is 0.978. The van der Waals surface area contributed by atoms with Gasteiger partial charge in [0.05, 0.1) is 5.69 Å². The largest absolute Gasteiger partial charge is 0.316 e. The maximum absolute atomic E-state index is 4.06. The summed E-state index contributed by atoms with van der Waals surface area (Å²) in [6.07, 6.45) is 16.0. The number of hydrogen-bond donors (Lipinski definition) is 0. The van der Waals surface area contributed by atoms with Gasteiger partial charge in [0.25, 0.3) is 0 Å². The average molecular weight is 570 g/mol. The van der Waals surface area contributed by atoms with Crippen molar-refractivity contribution >= 4 is 18.2 Å². The fourth-order valence-corrected chi connectivity index (χ4v) is 6.18. The predicted molar refractivity (Wildman–Crippen MR) is 193 cm³/mol. The van der Waals surface area contributed by atoms with Gasteiger partial charge in [0, 0.05) is 23.4 Å². The minimum atomic E-state index is 0.0422. The Balaban J connectivity index is 1.68. The van der Waals surface area contributed by atoms with Crippen LogP contribution in [0.15, 0.2) is 159 Å². The summed E-state index contributed by atoms with van der Waals surface area (Å²) in [5.41, 5.74) is 13.9. The van der Waals surface area contributed by atoms with E-state index in [0.29, 0.717) is 0 Å². The summed E-state index contributed by atoms with van der Waals surface area (Å²) in [5, 5.41) is 0. The van der Waals surface area contributed by atoms with E-state index in [4.69, 9.17) is 0 Å². The summed E-state index contributed by atoms with van der Waals surface area (Å²) in [7, 11) is 0. The van der Waals surface area contributed by atoms with Crippen LogP contribution in [0.25, 0.3) is 46.2 Å². The molecular formula is C43H39N. The van der Waals surface area contributed by atoms with Crippen LogP contribution >= 0.6 is 0 Å². The first-order valence-electron chi connectivity index (χ1n) is 15.0. The van der Waals surface area contributed by atoms with E-state index in [1.165, 1.54) is 39.0 Å². The fraction of sp³-hybridized carbons (Fsp3) is 0.0698. The van der Waals surface area contributed by atoms with Gasteiger partial charge in [-0.25, -0.2) is 0 Å². The summed E-state index contributed by atoms with van der Waals surface area (Å²) in [6.45, 7) is 20.3. The first-order valence-corrected chi connectivity index (χ1v) is 15.0. The molecule has 0 bridgehead atoms. The zero-order chi connectivity index (χ0) is 31.1. The smallest absolute Gasteiger partial charge is 0.0528 e. The van der Waals surface area contributed by atoms with E-state index in [9.17, 15) is 0 Å². The third kappa shape index (κ3) is 5.78. The number of benzene rings is 4. The van der Waals surface area contributed by atoms with Gasteiger partial charge in [0.15, 0.2) is 0 Å². The Morgan fingerprint density at radius 2 is 1.43 bits per heavy atom. The van der Waals surface area contributed by atoms with Crippen LogP contribution in [0.4, 0.5) is 0 Å². The number of rotatable bonds is 11. The summed E-state index contributed by atoms with van der Waals surface area (Å²) < 4.78 is 2.15. The predicted octanol–water partition coefficient (Wildman–Crippen LogP) is 11.9. The molecule has 0 N–H and O–H groups in total. The molecule has 0 amide bonds. The third-order valence-corrected chi connectivity index (χ3v) is 8.14. The number of nitrogens with zero attached hydrogens (tertiary/aromatic N) is 1. The molecule has 216 valence electrons. The Labute approximate surface area is 262 Å². The molecule has 0 saturated carbocycles. The molecule has 5 aromatic rings. The number of allylic oxidation sites excluding steroid dienone is 5. The van der Waals surface area contributed by atoms with Crippen molar-refractivity contribution < 1.29 is 0 Å². The molecule has 5 rings (SSSR count). The van der Waals surface area contributed by atoms with Crippen molar-refractivity contribution in [3.63, 3.8) is 0 Å². The first kappa shape index (κ1) is 30.1. The molecule has 0 fully saturated rings. The highest BCUT2D eigenvalue weighted by Crippen LogP contribution is 2.43. The molecule has 4 aromatic carbocycles. The van der Waals surface area contributed by atoms with E-state index >= 15 is 0 Å². The average Bonchev–Trinajstić information content (AvgIpc) is 3.44. The van der Waals surface area contributed by atoms with E-state index in [0.717, 1.165) is 28.1 Å². The minimum Gasteiger partial charge on any atom is -0.316 e. The van der Waals surface area contributed by atoms with Gasteiger partial charge in [-0.05, 0) is 82.1 Å². The van der Waals surface area contributed by atoms with E-state index in [1.54, 1.807) is 0 Å². The monoisotopic (exact) mass is 569 g/mol. The van der Waals surface area contributed by atoms with Crippen molar-refractivity contribution in [1.29, 1.82) is 0 Å². The molecular weight excluding hydrogens is 530 g/mol. The lowest BCUT2D eigenvalue weighted by atomic mass is 9.79. The van der Waals surface area contributed by atoms with Crippen LogP contribution < -0.4 is 0 Å². The number of aryl methyl sites for hydroxylation is 1. The molecule has 0 aliphatic heterocycles. The van der Waals surface area contributed by atoms with E-state index in [2.05, 4.69) is 166 Å². The topological polar surface area (TPSA) is 4.93 Å². The van der Waals surface area contributed by atoms with Gasteiger partial charge in [-0.3, -0.25) is 0 Å². The van der Waals surface area contributed by atoms with Crippen LogP contribution in [0, 0.1) is 6.92 Å². The highest BCUT2D eigenvalue weighted by molar-refractivity contribution is 5.88. The standard InChI is InChI=1S/C43H39N/c1-7-18-34(19-8-2)43(35-21-13-12-14-22-35)40-24-16-15-23-39(40)42-31(6)20-17-25-38(42)33-26-28-36(29-27-33)44-30-32(9-3)37(10-4)41(44)11-5/h7-30,43H,1,3-5H2,2,6H3/b19-8-,34-18+. The number of aromatic nitrogens is 1. The molecule has 44 heavy (non-hydrogen) atoms. The molecule has 1 aromatic heterocycles. The lowest BCUT2D eigenvalue weighted by Gasteiger charge is -2.25. The van der Waals surface area contributed by atoms with Crippen molar-refractivity contribution in [3.05, 3.63) is 193 Å². The van der Waals surface area contributed by atoms with Crippen LogP contribution in [0.3, 0.4) is 0 Å². The molecule has 1 nitrogen and oxygen atoms in total. The normalized spacial score (nSPS) is 12.2. The maximum Gasteiger partial charge on any atom is 0.0528 e. The summed E-state index contributed by atoms with van der Waals surface area (Å²) in [6, 6.07) is 34.9. The second-order valence-electron chi connectivity index (χ2n) is 10.7. The van der Waals surface area contributed by atoms with E-state index in [1.807, 2.05) is 24.3 Å². The molecule has 1 unspecified atom stereocenters. The molecule has 0 radical (unpaired) electrons. The highest BCUT2D eigenvalue weighted by Gasteiger charge is 2.23. The SMILES string of the molecule is C=C/C=C(\C=C/C)C(c1ccccc1)c1ccccc1-c1c(C)cccc1-c1ccc(-n2cc(C=C)c(C=C)c2C=C)cc1. The summed E-state index contributed by atoms with van der Waals surface area (Å²) in [4.78, 5) is 0. The minimum absolute atomic E-state index is 0.0422. The van der Waals surface area contributed by atoms with Crippen molar-refractivity contribution in [2.75, 3.05) is 0 Å². The maximum atomic E-state index is 4.06. The second-order valence-corrected chi connectivity index (χ2v) is 10.7. The van der Waals surface area contributed by atoms with Crippen molar-refractivity contribution in [3.8, 4) is 27.9 Å². The van der Waals surface area contributed by atoms with Crippen LogP contribution in [0.2, 0.25) is 0 Å². The van der Waals surface area contributed by atoms with Crippen molar-refractivity contribution in [1.82, 2.24) is 4.57 Å². The van der Waals surface area contributed by atoms with Crippen LogP contribution in [0.1, 0.15) is 46.4 Å². The van der Waals surface area contributed by atoms with Crippen LogP contribution in [0.5, 0.6) is 0 Å². The Hall–Kier alpha value is -5.40. The summed E-state index contributed by atoms with van der Waals surface area (Å²) in [5.74, 6) is 0.0422. The highest BCUT2D eigenvalue weighted by atomic mass is 15.0. The fourth-order valence-electron chi connectivity index (χ4n) is 6.18. The molecule has 1 heteroatoms. The van der Waals surface area contributed by atoms with E-state index in [-0.39, 0.29) is 5.92 Å². The Morgan fingerprint density at radius 1 is 0.727 bits per heavy atom. The van der Waals surface area contributed by atoms with Gasteiger partial charge in [0.1, 0.15) is 0 Å². The molecule has 1 heterocycles. The van der Waals surface area contributed by atoms with Gasteiger partial charge in [0.2, 0.25) is 0 Å². The molecule has 0 saturated heterocycles. The van der Waals surface area contributed by atoms with Crippen molar-refractivity contribution in [2.45, 2.75) is 19.8 Å². The Kier molecular flexibility index (Phi) is 9.37. The van der Waals surface area contributed by atoms with Crippen LogP contribution in [-0.2, 0) is 0 Å². The van der Waals surface area contributed by atoms with Gasteiger partial charge < -0.3 is 4.57 Å². The van der Waals surface area contributed by atoms with Crippen molar-refractivity contribution in [2.24, 2.45) is 0 Å². The zero-order valence-corrected chi connectivity index (χ0v) is 25.7. The Bertz CT molecular complexity index is 1870. The number of hydrogen-bond acceptors (Lipinski definition) is 0. The molecule has 0 spiro atoms. The van der Waals surface area contributed by atoms with Gasteiger partial charge in [-0.15, -0.1) is 0 Å². The van der Waals surface area contributed by atoms with E-state index < -0.39 is 0 Å². The molecule has 0 aliphatic carbocycles. The third-order valence-electron chi connectivity index (χ3n) is 8.14.